The van der Waals surface area contributed by atoms with Crippen molar-refractivity contribution in [2.45, 2.75) is 40.5 Å². The van der Waals surface area contributed by atoms with Crippen LogP contribution >= 0.6 is 0 Å². The van der Waals surface area contributed by atoms with Crippen LogP contribution in [0.15, 0.2) is 60.7 Å². The third kappa shape index (κ3) is 9.70. The number of para-hydroxylation sites is 1. The normalized spacial score (nSPS) is 14.2. The number of imide groups is 3. The van der Waals surface area contributed by atoms with Crippen LogP contribution in [0.3, 0.4) is 0 Å². The second-order valence-electron chi connectivity index (χ2n) is 9.62. The third-order valence-corrected chi connectivity index (χ3v) is 5.73. The summed E-state index contributed by atoms with van der Waals surface area (Å²) in [4.78, 5) is 127. The number of carbonyl (C=O) groups excluding carboxylic acids is 10. The summed E-state index contributed by atoms with van der Waals surface area (Å²) in [7, 11) is 0. The Morgan fingerprint density at radius 1 is 0.560 bits per heavy atom. The fraction of sp³-hybridized carbons (Fsp3) is 0.200. The number of amides is 6. The maximum absolute atomic E-state index is 11.6. The molecule has 3 aliphatic heterocycles. The number of hydroxylamine groups is 6. The van der Waals surface area contributed by atoms with Crippen LogP contribution in [0.2, 0.25) is 0 Å². The maximum atomic E-state index is 11.6. The van der Waals surface area contributed by atoms with E-state index in [1.807, 2.05) is 12.1 Å². The maximum Gasteiger partial charge on any atom is 0.332 e. The van der Waals surface area contributed by atoms with Gasteiger partial charge in [-0.25, -0.2) is 19.2 Å². The summed E-state index contributed by atoms with van der Waals surface area (Å²) in [6.45, 7) is 4.69. The fourth-order valence-electron chi connectivity index (χ4n) is 3.81. The van der Waals surface area contributed by atoms with E-state index in [2.05, 4.69) is 24.8 Å². The molecule has 4 heterocycles. The van der Waals surface area contributed by atoms with Crippen LogP contribution in [0, 0.1) is 0 Å². The molecule has 6 amide bonds. The van der Waals surface area contributed by atoms with E-state index in [0.29, 0.717) is 26.2 Å². The van der Waals surface area contributed by atoms with E-state index in [4.69, 9.17) is 4.84 Å². The van der Waals surface area contributed by atoms with Gasteiger partial charge in [-0.3, -0.25) is 28.8 Å². The van der Waals surface area contributed by atoms with Crippen LogP contribution in [0.25, 0.3) is 11.0 Å². The Balaban J connectivity index is 0.000000182. The highest BCUT2D eigenvalue weighted by Gasteiger charge is 2.38. The molecular formula is C30H26N6O14. The molecule has 0 aliphatic carbocycles. The van der Waals surface area contributed by atoms with Crippen molar-refractivity contribution in [2.24, 2.45) is 0 Å². The van der Waals surface area contributed by atoms with Crippen LogP contribution in [-0.2, 0) is 52.9 Å². The first kappa shape index (κ1) is 37.3. The van der Waals surface area contributed by atoms with Crippen LogP contribution in [0.5, 0.6) is 0 Å². The molecule has 0 atom stereocenters. The first-order valence-electron chi connectivity index (χ1n) is 14.0. The minimum atomic E-state index is -0.704. The highest BCUT2D eigenvalue weighted by atomic mass is 16.7. The zero-order valence-corrected chi connectivity index (χ0v) is 26.6. The van der Waals surface area contributed by atoms with Crippen molar-refractivity contribution in [3.8, 4) is 0 Å². The Morgan fingerprint density at radius 2 is 0.980 bits per heavy atom. The van der Waals surface area contributed by atoms with E-state index in [1.165, 1.54) is 19.1 Å². The van der Waals surface area contributed by atoms with Crippen LogP contribution in [0.4, 0.5) is 0 Å². The third-order valence-electron chi connectivity index (χ3n) is 5.73. The SMILES string of the molecule is CC(=O)ON1C(=O)C=CC1=O.CC(=O)ON1C(=O)CCC1=O.CC(=O)ON1C(=O)c2ccccc2C1=O.CC(=O)On1nnc2ccccc21. The lowest BCUT2D eigenvalue weighted by molar-refractivity contribution is -0.195. The molecule has 3 aromatic rings. The van der Waals surface area contributed by atoms with Crippen LogP contribution in [-0.4, -0.2) is 89.7 Å². The molecular weight excluding hydrogens is 668 g/mol. The number of nitrogens with zero attached hydrogens (tertiary/aromatic N) is 6. The van der Waals surface area contributed by atoms with E-state index < -0.39 is 59.3 Å². The molecule has 1 saturated heterocycles. The van der Waals surface area contributed by atoms with Crippen molar-refractivity contribution in [3.63, 3.8) is 0 Å². The lowest BCUT2D eigenvalue weighted by Gasteiger charge is -2.10. The Kier molecular flexibility index (Phi) is 12.4. The molecule has 0 N–H and O–H groups in total. The van der Waals surface area contributed by atoms with Crippen LogP contribution in [0.1, 0.15) is 61.3 Å². The summed E-state index contributed by atoms with van der Waals surface area (Å²) in [6.07, 6.45) is 2.33. The van der Waals surface area contributed by atoms with Gasteiger partial charge in [0.25, 0.3) is 35.4 Å². The van der Waals surface area contributed by atoms with Gasteiger partial charge in [0.2, 0.25) is 0 Å². The number of benzene rings is 2. The molecule has 20 nitrogen and oxygen atoms in total. The van der Waals surface area contributed by atoms with Gasteiger partial charge in [-0.1, -0.05) is 39.2 Å². The summed E-state index contributed by atoms with van der Waals surface area (Å²) in [6, 6.07) is 13.5. The van der Waals surface area contributed by atoms with Gasteiger partial charge in [0, 0.05) is 52.7 Å². The zero-order valence-electron chi connectivity index (χ0n) is 26.6. The van der Waals surface area contributed by atoms with E-state index in [9.17, 15) is 47.9 Å². The topological polar surface area (TPSA) is 248 Å². The van der Waals surface area contributed by atoms with Gasteiger partial charge in [0.15, 0.2) is 0 Å². The first-order chi connectivity index (χ1) is 23.6. The lowest BCUT2D eigenvalue weighted by atomic mass is 10.1. The monoisotopic (exact) mass is 694 g/mol. The molecule has 3 aliphatic rings. The Bertz CT molecular complexity index is 1850. The molecule has 50 heavy (non-hydrogen) atoms. The first-order valence-corrected chi connectivity index (χ1v) is 14.0. The number of rotatable bonds is 4. The van der Waals surface area contributed by atoms with Gasteiger partial charge in [0.1, 0.15) is 11.0 Å². The molecule has 0 radical (unpaired) electrons. The van der Waals surface area contributed by atoms with Crippen molar-refractivity contribution >= 4 is 70.4 Å². The molecule has 0 spiro atoms. The van der Waals surface area contributed by atoms with Gasteiger partial charge < -0.3 is 19.4 Å². The number of fused-ring (bicyclic) bond motifs is 2. The number of aromatic nitrogens is 3. The quantitative estimate of drug-likeness (QED) is 0.261. The van der Waals surface area contributed by atoms with Crippen molar-refractivity contribution in [1.82, 2.24) is 30.3 Å². The highest BCUT2D eigenvalue weighted by molar-refractivity contribution is 6.20. The van der Waals surface area contributed by atoms with Gasteiger partial charge in [-0.15, -0.1) is 10.2 Å². The summed E-state index contributed by atoms with van der Waals surface area (Å²) < 4.78 is 0. The smallest absolute Gasteiger partial charge is 0.331 e. The number of carbonyl (C=O) groups is 10. The predicted octanol–water partition coefficient (Wildman–Crippen LogP) is 0.170. The minimum Gasteiger partial charge on any atom is -0.331 e. The lowest BCUT2D eigenvalue weighted by Crippen LogP contribution is -2.31. The van der Waals surface area contributed by atoms with Crippen LogP contribution < -0.4 is 4.84 Å². The standard InChI is InChI=1S/C10H7NO4.C8H7N3O2.C6H7NO4.C6H5NO4/c1-6(12)15-11-9(13)7-4-2-3-5-8(7)10(11)14;1-6(12)13-11-8-5-3-2-4-7(8)9-10-11;2*1-4(8)11-7-5(9)2-3-6(7)10/h2-5H,1H3;2-5H,1H3;2-3H2,1H3;2-3H,1H3. The Hall–Kier alpha value is -7.12. The van der Waals surface area contributed by atoms with E-state index in [0.717, 1.165) is 37.8 Å². The molecule has 0 bridgehead atoms. The Morgan fingerprint density at radius 3 is 1.46 bits per heavy atom. The van der Waals surface area contributed by atoms with E-state index >= 15 is 0 Å². The average molecular weight is 695 g/mol. The molecule has 260 valence electrons. The van der Waals surface area contributed by atoms with Gasteiger partial charge in [-0.05, 0) is 29.5 Å². The summed E-state index contributed by atoms with van der Waals surface area (Å²) >= 11 is 0. The fourth-order valence-corrected chi connectivity index (χ4v) is 3.81. The van der Waals surface area contributed by atoms with E-state index in [-0.39, 0.29) is 24.0 Å². The molecule has 6 rings (SSSR count). The molecule has 2 aromatic carbocycles. The van der Waals surface area contributed by atoms with Gasteiger partial charge in [0.05, 0.1) is 11.1 Å². The second-order valence-corrected chi connectivity index (χ2v) is 9.62. The highest BCUT2D eigenvalue weighted by Crippen LogP contribution is 2.22. The molecule has 20 heteroatoms. The largest absolute Gasteiger partial charge is 0.332 e. The Labute approximate surface area is 280 Å². The zero-order chi connectivity index (χ0) is 37.1. The van der Waals surface area contributed by atoms with Crippen molar-refractivity contribution < 1.29 is 67.3 Å². The predicted molar refractivity (Wildman–Crippen MR) is 159 cm³/mol. The molecule has 0 saturated carbocycles. The van der Waals surface area contributed by atoms with Crippen molar-refractivity contribution in [2.75, 3.05) is 0 Å². The molecule has 1 aromatic heterocycles. The second kappa shape index (κ2) is 16.6. The van der Waals surface area contributed by atoms with Gasteiger partial charge >= 0.3 is 23.9 Å². The van der Waals surface area contributed by atoms with Gasteiger partial charge in [-0.2, -0.15) is 0 Å². The van der Waals surface area contributed by atoms with E-state index in [1.54, 1.807) is 24.3 Å². The molecule has 1 fully saturated rings. The summed E-state index contributed by atoms with van der Waals surface area (Å²) in [5.74, 6) is -5.87. The minimum absolute atomic E-state index is 0.131. The van der Waals surface area contributed by atoms with Crippen molar-refractivity contribution in [3.05, 3.63) is 71.8 Å². The number of hydrogen-bond donors (Lipinski definition) is 0. The summed E-state index contributed by atoms with van der Waals surface area (Å²) in [5, 5.41) is 8.87. The average Bonchev–Trinajstić information content (AvgIpc) is 3.77. The number of hydrogen-bond acceptors (Lipinski definition) is 16. The van der Waals surface area contributed by atoms with Crippen molar-refractivity contribution in [1.29, 1.82) is 0 Å². The summed E-state index contributed by atoms with van der Waals surface area (Å²) in [5.41, 5.74) is 1.88. The molecule has 0 unspecified atom stereocenters.